The minimum atomic E-state index is -0.493. The Morgan fingerprint density at radius 2 is 2.10 bits per heavy atom. The number of rotatable bonds is 9. The zero-order valence-electron chi connectivity index (χ0n) is 13.8. The van der Waals surface area contributed by atoms with Gasteiger partial charge in [-0.1, -0.05) is 6.42 Å². The highest BCUT2D eigenvalue weighted by atomic mass is 16.5. The summed E-state index contributed by atoms with van der Waals surface area (Å²) in [5, 5.41) is 3.52. The highest BCUT2D eigenvalue weighted by Crippen LogP contribution is 2.39. The molecule has 2 aliphatic carbocycles. The molecule has 2 aliphatic rings. The van der Waals surface area contributed by atoms with Gasteiger partial charge < -0.3 is 9.47 Å². The standard InChI is InChI=1S/C17H31NO3/c1-4-21-16(19)17(18-13(2)3)10-5-6-15(17)9-11-20-12-14-7-8-14/h13-15,18H,4-12H2,1-3H3. The van der Waals surface area contributed by atoms with Crippen molar-refractivity contribution in [3.05, 3.63) is 0 Å². The third kappa shape index (κ3) is 4.43. The number of carbonyl (C=O) groups excluding carboxylic acids is 1. The van der Waals surface area contributed by atoms with Crippen LogP contribution in [-0.2, 0) is 14.3 Å². The Kier molecular flexibility index (Phi) is 6.06. The second-order valence-corrected chi connectivity index (χ2v) is 6.89. The number of hydrogen-bond donors (Lipinski definition) is 1. The number of hydrogen-bond acceptors (Lipinski definition) is 4. The summed E-state index contributed by atoms with van der Waals surface area (Å²) < 4.78 is 11.2. The lowest BCUT2D eigenvalue weighted by Gasteiger charge is -2.36. The minimum absolute atomic E-state index is 0.0663. The summed E-state index contributed by atoms with van der Waals surface area (Å²) in [4.78, 5) is 12.5. The Bertz CT molecular complexity index is 341. The molecule has 0 amide bonds. The van der Waals surface area contributed by atoms with Crippen molar-refractivity contribution in [3.63, 3.8) is 0 Å². The number of carbonyl (C=O) groups is 1. The topological polar surface area (TPSA) is 47.6 Å². The molecule has 0 aromatic heterocycles. The SMILES string of the molecule is CCOC(=O)C1(NC(C)C)CCCC1CCOCC1CC1. The van der Waals surface area contributed by atoms with E-state index in [-0.39, 0.29) is 12.0 Å². The molecule has 1 N–H and O–H groups in total. The number of esters is 1. The van der Waals surface area contributed by atoms with Gasteiger partial charge in [-0.25, -0.2) is 0 Å². The molecule has 2 rings (SSSR count). The molecule has 122 valence electrons. The van der Waals surface area contributed by atoms with Crippen LogP contribution in [0.1, 0.15) is 59.3 Å². The van der Waals surface area contributed by atoms with Crippen molar-refractivity contribution in [1.82, 2.24) is 5.32 Å². The van der Waals surface area contributed by atoms with E-state index in [2.05, 4.69) is 19.2 Å². The lowest BCUT2D eigenvalue weighted by molar-refractivity contribution is -0.153. The van der Waals surface area contributed by atoms with Crippen molar-refractivity contribution < 1.29 is 14.3 Å². The Morgan fingerprint density at radius 1 is 1.33 bits per heavy atom. The first-order valence-corrected chi connectivity index (χ1v) is 8.61. The molecule has 0 spiro atoms. The van der Waals surface area contributed by atoms with E-state index in [1.807, 2.05) is 6.92 Å². The van der Waals surface area contributed by atoms with Gasteiger partial charge in [-0.15, -0.1) is 0 Å². The molecule has 0 aromatic carbocycles. The van der Waals surface area contributed by atoms with Gasteiger partial charge in [0.05, 0.1) is 6.61 Å². The van der Waals surface area contributed by atoms with Crippen molar-refractivity contribution in [3.8, 4) is 0 Å². The van der Waals surface area contributed by atoms with Crippen LogP contribution in [-0.4, -0.2) is 37.4 Å². The van der Waals surface area contributed by atoms with Gasteiger partial charge in [-0.05, 0) is 64.7 Å². The third-order valence-electron chi connectivity index (χ3n) is 4.67. The van der Waals surface area contributed by atoms with Gasteiger partial charge in [0.15, 0.2) is 0 Å². The Morgan fingerprint density at radius 3 is 2.71 bits per heavy atom. The Labute approximate surface area is 129 Å². The van der Waals surface area contributed by atoms with Crippen molar-refractivity contribution in [2.75, 3.05) is 19.8 Å². The molecular weight excluding hydrogens is 266 g/mol. The number of ether oxygens (including phenoxy) is 2. The van der Waals surface area contributed by atoms with E-state index in [4.69, 9.17) is 9.47 Å². The van der Waals surface area contributed by atoms with Crippen LogP contribution >= 0.6 is 0 Å². The van der Waals surface area contributed by atoms with Crippen LogP contribution in [0, 0.1) is 11.8 Å². The second kappa shape index (κ2) is 7.59. The summed E-state index contributed by atoms with van der Waals surface area (Å²) in [5.74, 6) is 1.07. The number of nitrogens with one attached hydrogen (secondary N) is 1. The zero-order valence-corrected chi connectivity index (χ0v) is 13.8. The van der Waals surface area contributed by atoms with Crippen LogP contribution in [0.5, 0.6) is 0 Å². The first-order valence-electron chi connectivity index (χ1n) is 8.61. The average molecular weight is 297 g/mol. The van der Waals surface area contributed by atoms with Crippen LogP contribution in [0.3, 0.4) is 0 Å². The molecule has 2 fully saturated rings. The molecule has 2 saturated carbocycles. The maximum Gasteiger partial charge on any atom is 0.326 e. The summed E-state index contributed by atoms with van der Waals surface area (Å²) in [7, 11) is 0. The summed E-state index contributed by atoms with van der Waals surface area (Å²) in [6.07, 6.45) is 6.66. The second-order valence-electron chi connectivity index (χ2n) is 6.89. The van der Waals surface area contributed by atoms with E-state index in [1.54, 1.807) is 0 Å². The Hall–Kier alpha value is -0.610. The monoisotopic (exact) mass is 297 g/mol. The minimum Gasteiger partial charge on any atom is -0.465 e. The van der Waals surface area contributed by atoms with Gasteiger partial charge in [0.1, 0.15) is 5.54 Å². The molecule has 0 heterocycles. The molecule has 0 aromatic rings. The maximum absolute atomic E-state index is 12.5. The van der Waals surface area contributed by atoms with Crippen LogP contribution in [0.15, 0.2) is 0 Å². The molecule has 0 aliphatic heterocycles. The molecule has 2 unspecified atom stereocenters. The molecule has 0 saturated heterocycles. The average Bonchev–Trinajstić information content (AvgIpc) is 3.16. The lowest BCUT2D eigenvalue weighted by atomic mass is 9.84. The summed E-state index contributed by atoms with van der Waals surface area (Å²) in [6, 6.07) is 0.280. The van der Waals surface area contributed by atoms with E-state index in [0.29, 0.717) is 12.5 Å². The molecule has 4 nitrogen and oxygen atoms in total. The van der Waals surface area contributed by atoms with E-state index in [9.17, 15) is 4.79 Å². The van der Waals surface area contributed by atoms with E-state index < -0.39 is 5.54 Å². The summed E-state index contributed by atoms with van der Waals surface area (Å²) >= 11 is 0. The zero-order chi connectivity index (χ0) is 15.3. The van der Waals surface area contributed by atoms with Crippen molar-refractivity contribution >= 4 is 5.97 Å². The molecule has 2 atom stereocenters. The van der Waals surface area contributed by atoms with Crippen LogP contribution in [0.4, 0.5) is 0 Å². The summed E-state index contributed by atoms with van der Waals surface area (Å²) in [5.41, 5.74) is -0.493. The quantitative estimate of drug-likeness (QED) is 0.525. The van der Waals surface area contributed by atoms with Crippen molar-refractivity contribution in [1.29, 1.82) is 0 Å². The molecule has 0 bridgehead atoms. The van der Waals surface area contributed by atoms with E-state index >= 15 is 0 Å². The van der Waals surface area contributed by atoms with E-state index in [0.717, 1.165) is 44.8 Å². The van der Waals surface area contributed by atoms with Crippen molar-refractivity contribution in [2.24, 2.45) is 11.8 Å². The lowest BCUT2D eigenvalue weighted by Crippen LogP contribution is -2.58. The highest BCUT2D eigenvalue weighted by molar-refractivity contribution is 5.82. The summed E-state index contributed by atoms with van der Waals surface area (Å²) in [6.45, 7) is 8.19. The first kappa shape index (κ1) is 16.8. The van der Waals surface area contributed by atoms with Crippen LogP contribution in [0.2, 0.25) is 0 Å². The first-order chi connectivity index (χ1) is 10.1. The van der Waals surface area contributed by atoms with Gasteiger partial charge in [0.2, 0.25) is 0 Å². The molecule has 0 radical (unpaired) electrons. The predicted octanol–water partition coefficient (Wildman–Crippen LogP) is 2.90. The molecule has 4 heteroatoms. The largest absolute Gasteiger partial charge is 0.465 e. The van der Waals surface area contributed by atoms with Gasteiger partial charge in [0, 0.05) is 19.3 Å². The highest BCUT2D eigenvalue weighted by Gasteiger charge is 2.49. The normalized spacial score (nSPS) is 29.0. The van der Waals surface area contributed by atoms with Gasteiger partial charge >= 0.3 is 5.97 Å². The third-order valence-corrected chi connectivity index (χ3v) is 4.67. The fourth-order valence-corrected chi connectivity index (χ4v) is 3.52. The molecular formula is C17H31NO3. The fourth-order valence-electron chi connectivity index (χ4n) is 3.52. The predicted molar refractivity (Wildman–Crippen MR) is 83.1 cm³/mol. The maximum atomic E-state index is 12.5. The van der Waals surface area contributed by atoms with Gasteiger partial charge in [0.25, 0.3) is 0 Å². The van der Waals surface area contributed by atoms with Crippen molar-refractivity contribution in [2.45, 2.75) is 70.9 Å². The van der Waals surface area contributed by atoms with Crippen LogP contribution < -0.4 is 5.32 Å². The smallest absolute Gasteiger partial charge is 0.326 e. The molecule has 21 heavy (non-hydrogen) atoms. The van der Waals surface area contributed by atoms with Gasteiger partial charge in [-0.2, -0.15) is 0 Å². The Balaban J connectivity index is 1.92. The van der Waals surface area contributed by atoms with E-state index in [1.165, 1.54) is 12.8 Å². The fraction of sp³-hybridized carbons (Fsp3) is 0.941. The van der Waals surface area contributed by atoms with Crippen LogP contribution in [0.25, 0.3) is 0 Å². The van der Waals surface area contributed by atoms with Gasteiger partial charge in [-0.3, -0.25) is 10.1 Å².